The molecule has 0 bridgehead atoms. The van der Waals surface area contributed by atoms with Crippen LogP contribution in [0.2, 0.25) is 0 Å². The number of anilines is 1. The van der Waals surface area contributed by atoms with Crippen molar-refractivity contribution in [2.75, 3.05) is 11.9 Å². The lowest BCUT2D eigenvalue weighted by Gasteiger charge is -2.10. The molecule has 0 fully saturated rings. The number of para-hydroxylation sites is 1. The summed E-state index contributed by atoms with van der Waals surface area (Å²) in [5.41, 5.74) is 2.08. The molecular formula is C18H18BN3O4. The van der Waals surface area contributed by atoms with Crippen LogP contribution in [0.1, 0.15) is 5.56 Å². The average Bonchev–Trinajstić information content (AvgIpc) is 2.63. The summed E-state index contributed by atoms with van der Waals surface area (Å²) in [5.74, 6) is -0.235. The number of aromatic nitrogens is 1. The molecule has 0 spiro atoms. The Kier molecular flexibility index (Phi) is 5.47. The molecule has 5 N–H and O–H groups in total. The van der Waals surface area contributed by atoms with E-state index in [1.807, 2.05) is 24.3 Å². The Hall–Kier alpha value is -2.94. The number of amides is 1. The van der Waals surface area contributed by atoms with Gasteiger partial charge in [-0.2, -0.15) is 0 Å². The van der Waals surface area contributed by atoms with Crippen LogP contribution in [-0.4, -0.2) is 39.7 Å². The maximum atomic E-state index is 12.2. The lowest BCUT2D eigenvalue weighted by Crippen LogP contribution is -2.31. The van der Waals surface area contributed by atoms with E-state index >= 15 is 0 Å². The van der Waals surface area contributed by atoms with Gasteiger partial charge in [0.25, 0.3) is 0 Å². The van der Waals surface area contributed by atoms with Crippen molar-refractivity contribution >= 4 is 35.1 Å². The summed E-state index contributed by atoms with van der Waals surface area (Å²) >= 11 is 0. The van der Waals surface area contributed by atoms with E-state index in [-0.39, 0.29) is 30.2 Å². The van der Waals surface area contributed by atoms with Crippen molar-refractivity contribution in [3.8, 4) is 5.75 Å². The number of hydrogen-bond donors (Lipinski definition) is 5. The second-order valence-electron chi connectivity index (χ2n) is 5.79. The van der Waals surface area contributed by atoms with Gasteiger partial charge in [0.1, 0.15) is 5.75 Å². The van der Waals surface area contributed by atoms with E-state index in [1.54, 1.807) is 12.3 Å². The average molecular weight is 351 g/mol. The summed E-state index contributed by atoms with van der Waals surface area (Å²) in [4.78, 5) is 16.4. The van der Waals surface area contributed by atoms with Crippen LogP contribution < -0.4 is 16.1 Å². The molecule has 3 rings (SSSR count). The molecule has 1 amide bonds. The first kappa shape index (κ1) is 17.9. The fourth-order valence-corrected chi connectivity index (χ4v) is 2.62. The van der Waals surface area contributed by atoms with Crippen molar-refractivity contribution in [3.63, 3.8) is 0 Å². The SMILES string of the molecule is O=C(CNCc1cc(B(O)O)ccc1O)Nc1cccc2cccnc12. The molecule has 0 radical (unpaired) electrons. The van der Waals surface area contributed by atoms with Crippen LogP contribution in [0.5, 0.6) is 5.75 Å². The molecule has 7 nitrogen and oxygen atoms in total. The van der Waals surface area contributed by atoms with Gasteiger partial charge in [-0.3, -0.25) is 9.78 Å². The van der Waals surface area contributed by atoms with Crippen LogP contribution in [-0.2, 0) is 11.3 Å². The minimum absolute atomic E-state index is 0.0144. The first-order valence-corrected chi connectivity index (χ1v) is 8.07. The highest BCUT2D eigenvalue weighted by atomic mass is 16.4. The second-order valence-corrected chi connectivity index (χ2v) is 5.79. The zero-order chi connectivity index (χ0) is 18.5. The lowest BCUT2D eigenvalue weighted by molar-refractivity contribution is -0.115. The van der Waals surface area contributed by atoms with Gasteiger partial charge in [-0.15, -0.1) is 0 Å². The Morgan fingerprint density at radius 3 is 2.73 bits per heavy atom. The van der Waals surface area contributed by atoms with Gasteiger partial charge in [-0.1, -0.05) is 30.3 Å². The molecule has 2 aromatic carbocycles. The Morgan fingerprint density at radius 2 is 1.92 bits per heavy atom. The Morgan fingerprint density at radius 1 is 1.12 bits per heavy atom. The number of phenols is 1. The minimum atomic E-state index is -1.61. The van der Waals surface area contributed by atoms with Crippen molar-refractivity contribution < 1.29 is 19.9 Å². The number of carbonyl (C=O) groups excluding carboxylic acids is 1. The van der Waals surface area contributed by atoms with Crippen molar-refractivity contribution in [3.05, 3.63) is 60.3 Å². The molecule has 0 saturated heterocycles. The van der Waals surface area contributed by atoms with Crippen molar-refractivity contribution in [1.29, 1.82) is 0 Å². The maximum absolute atomic E-state index is 12.2. The van der Waals surface area contributed by atoms with Gasteiger partial charge >= 0.3 is 7.12 Å². The van der Waals surface area contributed by atoms with Gasteiger partial charge in [-0.25, -0.2) is 0 Å². The quantitative estimate of drug-likeness (QED) is 0.410. The number of hydrogen-bond acceptors (Lipinski definition) is 6. The van der Waals surface area contributed by atoms with E-state index in [0.29, 0.717) is 16.8 Å². The number of carbonyl (C=O) groups is 1. The third kappa shape index (κ3) is 4.18. The van der Waals surface area contributed by atoms with Crippen LogP contribution in [0.3, 0.4) is 0 Å². The van der Waals surface area contributed by atoms with E-state index in [2.05, 4.69) is 15.6 Å². The predicted molar refractivity (Wildman–Crippen MR) is 100 cm³/mol. The summed E-state index contributed by atoms with van der Waals surface area (Å²) in [6.07, 6.45) is 1.67. The fraction of sp³-hybridized carbons (Fsp3) is 0.111. The standard InChI is InChI=1S/C18H18BN3O4/c23-16-7-6-14(19(25)26)9-13(16)10-20-11-17(24)22-15-5-1-3-12-4-2-8-21-18(12)15/h1-9,20,23,25-26H,10-11H2,(H,22,24). The van der Waals surface area contributed by atoms with Crippen LogP contribution >= 0.6 is 0 Å². The summed E-state index contributed by atoms with van der Waals surface area (Å²) in [5, 5.41) is 34.9. The third-order valence-electron chi connectivity index (χ3n) is 3.91. The number of benzene rings is 2. The Bertz CT molecular complexity index is 928. The first-order valence-electron chi connectivity index (χ1n) is 8.07. The molecular weight excluding hydrogens is 333 g/mol. The van der Waals surface area contributed by atoms with Gasteiger partial charge < -0.3 is 25.8 Å². The molecule has 0 aliphatic heterocycles. The molecule has 26 heavy (non-hydrogen) atoms. The van der Waals surface area contributed by atoms with Crippen LogP contribution in [0.15, 0.2) is 54.7 Å². The molecule has 1 aromatic heterocycles. The Balaban J connectivity index is 1.60. The molecule has 0 aliphatic rings. The van der Waals surface area contributed by atoms with Gasteiger partial charge in [-0.05, 0) is 23.7 Å². The number of aromatic hydroxyl groups is 1. The highest BCUT2D eigenvalue weighted by Crippen LogP contribution is 2.20. The molecule has 0 aliphatic carbocycles. The zero-order valence-corrected chi connectivity index (χ0v) is 13.9. The monoisotopic (exact) mass is 351 g/mol. The molecule has 0 unspecified atom stereocenters. The number of fused-ring (bicyclic) bond motifs is 1. The lowest BCUT2D eigenvalue weighted by atomic mass is 9.79. The van der Waals surface area contributed by atoms with Gasteiger partial charge in [0.2, 0.25) is 5.91 Å². The summed E-state index contributed by atoms with van der Waals surface area (Å²) in [6, 6.07) is 13.6. The van der Waals surface area contributed by atoms with Crippen molar-refractivity contribution in [1.82, 2.24) is 10.3 Å². The van der Waals surface area contributed by atoms with Crippen LogP contribution in [0.4, 0.5) is 5.69 Å². The number of nitrogens with zero attached hydrogens (tertiary/aromatic N) is 1. The van der Waals surface area contributed by atoms with E-state index < -0.39 is 7.12 Å². The van der Waals surface area contributed by atoms with Crippen LogP contribution in [0.25, 0.3) is 10.9 Å². The predicted octanol–water partition coefficient (Wildman–Crippen LogP) is 0.348. The first-order chi connectivity index (χ1) is 12.5. The van der Waals surface area contributed by atoms with Crippen molar-refractivity contribution in [2.24, 2.45) is 0 Å². The van der Waals surface area contributed by atoms with E-state index in [9.17, 15) is 19.9 Å². The van der Waals surface area contributed by atoms with Crippen molar-refractivity contribution in [2.45, 2.75) is 6.54 Å². The number of phenolic OH excluding ortho intramolecular Hbond substituents is 1. The molecule has 132 valence electrons. The Labute approximate surface area is 150 Å². The van der Waals surface area contributed by atoms with E-state index in [4.69, 9.17) is 0 Å². The van der Waals surface area contributed by atoms with E-state index in [1.165, 1.54) is 18.2 Å². The number of rotatable bonds is 6. The second kappa shape index (κ2) is 7.96. The molecule has 3 aromatic rings. The van der Waals surface area contributed by atoms with Gasteiger partial charge in [0.15, 0.2) is 0 Å². The van der Waals surface area contributed by atoms with Gasteiger partial charge in [0.05, 0.1) is 17.7 Å². The van der Waals surface area contributed by atoms with E-state index in [0.717, 1.165) is 5.39 Å². The third-order valence-corrected chi connectivity index (χ3v) is 3.91. The maximum Gasteiger partial charge on any atom is 0.488 e. The summed E-state index contributed by atoms with van der Waals surface area (Å²) in [7, 11) is -1.61. The normalized spacial score (nSPS) is 10.7. The molecule has 0 atom stereocenters. The molecule has 8 heteroatoms. The van der Waals surface area contributed by atoms with Crippen LogP contribution in [0, 0.1) is 0 Å². The summed E-state index contributed by atoms with van der Waals surface area (Å²) in [6.45, 7) is 0.224. The largest absolute Gasteiger partial charge is 0.508 e. The molecule has 0 saturated carbocycles. The number of pyridine rings is 1. The minimum Gasteiger partial charge on any atom is -0.508 e. The fourth-order valence-electron chi connectivity index (χ4n) is 2.62. The number of nitrogens with one attached hydrogen (secondary N) is 2. The van der Waals surface area contributed by atoms with Gasteiger partial charge in [0, 0.05) is 23.7 Å². The molecule has 1 heterocycles. The summed E-state index contributed by atoms with van der Waals surface area (Å²) < 4.78 is 0. The topological polar surface area (TPSA) is 115 Å². The zero-order valence-electron chi connectivity index (χ0n) is 13.9. The highest BCUT2D eigenvalue weighted by Gasteiger charge is 2.13. The highest BCUT2D eigenvalue weighted by molar-refractivity contribution is 6.58. The smallest absolute Gasteiger partial charge is 0.488 e.